The van der Waals surface area contributed by atoms with Crippen LogP contribution < -0.4 is 5.73 Å². The van der Waals surface area contributed by atoms with Gasteiger partial charge in [-0.05, 0) is 42.5 Å². The molecule has 1 saturated carbocycles. The fourth-order valence-electron chi connectivity index (χ4n) is 3.55. The van der Waals surface area contributed by atoms with E-state index in [0.717, 1.165) is 28.6 Å². The molecule has 4 rings (SSSR count). The molecule has 0 unspecified atom stereocenters. The summed E-state index contributed by atoms with van der Waals surface area (Å²) < 4.78 is 1.76. The molecule has 1 aliphatic carbocycles. The van der Waals surface area contributed by atoms with E-state index in [4.69, 9.17) is 5.73 Å². The summed E-state index contributed by atoms with van der Waals surface area (Å²) in [5.74, 6) is 0.732. The van der Waals surface area contributed by atoms with Crippen LogP contribution in [0.25, 0.3) is 16.9 Å². The molecule has 0 radical (unpaired) electrons. The molecule has 4 nitrogen and oxygen atoms in total. The third kappa shape index (κ3) is 3.04. The van der Waals surface area contributed by atoms with Crippen molar-refractivity contribution in [3.05, 3.63) is 60.3 Å². The van der Waals surface area contributed by atoms with Crippen molar-refractivity contribution in [2.45, 2.75) is 38.0 Å². The van der Waals surface area contributed by atoms with Gasteiger partial charge in [0.1, 0.15) is 5.69 Å². The van der Waals surface area contributed by atoms with Gasteiger partial charge in [0.25, 0.3) is 0 Å². The van der Waals surface area contributed by atoms with Crippen LogP contribution >= 0.6 is 0 Å². The molecule has 1 fully saturated rings. The van der Waals surface area contributed by atoms with E-state index in [2.05, 4.69) is 34.6 Å². The average Bonchev–Trinajstić information content (AvgIpc) is 3.13. The van der Waals surface area contributed by atoms with Crippen LogP contribution in [0.5, 0.6) is 0 Å². The fourth-order valence-corrected chi connectivity index (χ4v) is 3.55. The quantitative estimate of drug-likeness (QED) is 0.720. The molecule has 0 bridgehead atoms. The first-order valence-electron chi connectivity index (χ1n) is 8.68. The molecule has 1 aliphatic rings. The van der Waals surface area contributed by atoms with Gasteiger partial charge in [-0.15, -0.1) is 5.10 Å². The highest BCUT2D eigenvalue weighted by Crippen LogP contribution is 2.33. The van der Waals surface area contributed by atoms with Crippen molar-refractivity contribution in [1.29, 1.82) is 0 Å². The third-order valence-electron chi connectivity index (χ3n) is 4.91. The first kappa shape index (κ1) is 14.9. The number of nitrogens with two attached hydrogens (primary N) is 1. The lowest BCUT2D eigenvalue weighted by Crippen LogP contribution is -2.04. The minimum Gasteiger partial charge on any atom is -0.399 e. The average molecular weight is 318 g/mol. The zero-order chi connectivity index (χ0) is 16.4. The largest absolute Gasteiger partial charge is 0.399 e. The predicted molar refractivity (Wildman–Crippen MR) is 97.0 cm³/mol. The van der Waals surface area contributed by atoms with Crippen LogP contribution in [-0.4, -0.2) is 15.0 Å². The Labute approximate surface area is 142 Å². The number of nitrogen functional groups attached to an aromatic ring is 1. The number of nitrogens with zero attached hydrogens (tertiary/aromatic N) is 3. The van der Waals surface area contributed by atoms with Crippen molar-refractivity contribution in [3.8, 4) is 16.9 Å². The van der Waals surface area contributed by atoms with E-state index in [9.17, 15) is 0 Å². The van der Waals surface area contributed by atoms with Crippen LogP contribution in [0, 0.1) is 0 Å². The first-order chi connectivity index (χ1) is 11.8. The van der Waals surface area contributed by atoms with Crippen molar-refractivity contribution in [1.82, 2.24) is 15.0 Å². The van der Waals surface area contributed by atoms with Gasteiger partial charge in [-0.2, -0.15) is 0 Å². The lowest BCUT2D eigenvalue weighted by atomic mass is 9.84. The summed E-state index contributed by atoms with van der Waals surface area (Å²) in [4.78, 5) is 0. The molecule has 0 amide bonds. The van der Waals surface area contributed by atoms with Gasteiger partial charge in [0.15, 0.2) is 0 Å². The second-order valence-corrected chi connectivity index (χ2v) is 6.60. The van der Waals surface area contributed by atoms with Crippen molar-refractivity contribution in [2.24, 2.45) is 0 Å². The maximum atomic E-state index is 5.84. The maximum absolute atomic E-state index is 5.84. The number of anilines is 1. The van der Waals surface area contributed by atoms with Crippen LogP contribution in [0.1, 0.15) is 43.6 Å². The molecule has 1 aromatic heterocycles. The van der Waals surface area contributed by atoms with Crippen LogP contribution in [-0.2, 0) is 0 Å². The Bertz CT molecular complexity index is 814. The third-order valence-corrected chi connectivity index (χ3v) is 4.91. The highest BCUT2D eigenvalue weighted by atomic mass is 15.4. The number of benzene rings is 2. The summed E-state index contributed by atoms with van der Waals surface area (Å²) in [5.41, 5.74) is 10.9. The zero-order valence-electron chi connectivity index (χ0n) is 13.7. The Hall–Kier alpha value is -2.62. The van der Waals surface area contributed by atoms with Gasteiger partial charge >= 0.3 is 0 Å². The molecular formula is C20H22N4. The molecule has 2 aromatic carbocycles. The van der Waals surface area contributed by atoms with E-state index < -0.39 is 0 Å². The maximum Gasteiger partial charge on any atom is 0.113 e. The molecule has 3 aromatic rings. The van der Waals surface area contributed by atoms with Crippen molar-refractivity contribution < 1.29 is 0 Å². The normalized spacial score (nSPS) is 15.5. The van der Waals surface area contributed by atoms with Crippen molar-refractivity contribution >= 4 is 5.69 Å². The standard InChI is InChI=1S/C20H22N4/c21-18-7-4-8-19(13-18)24-14-20(22-23-24)17-11-9-16(10-12-17)15-5-2-1-3-6-15/h4,7-15H,1-3,5-6,21H2. The topological polar surface area (TPSA) is 56.7 Å². The molecule has 24 heavy (non-hydrogen) atoms. The monoisotopic (exact) mass is 318 g/mol. The Kier molecular flexibility index (Phi) is 4.03. The van der Waals surface area contributed by atoms with Crippen molar-refractivity contribution in [3.63, 3.8) is 0 Å². The van der Waals surface area contributed by atoms with E-state index in [1.54, 1.807) is 4.68 Å². The van der Waals surface area contributed by atoms with E-state index in [1.165, 1.54) is 37.7 Å². The van der Waals surface area contributed by atoms with Gasteiger partial charge in [-0.1, -0.05) is 54.8 Å². The van der Waals surface area contributed by atoms with Crippen LogP contribution in [0.4, 0.5) is 5.69 Å². The minimum absolute atomic E-state index is 0.724. The number of aromatic nitrogens is 3. The molecule has 122 valence electrons. The van der Waals surface area contributed by atoms with Gasteiger partial charge in [0, 0.05) is 11.3 Å². The van der Waals surface area contributed by atoms with Gasteiger partial charge in [-0.3, -0.25) is 0 Å². The predicted octanol–water partition coefficient (Wildman–Crippen LogP) is 4.56. The summed E-state index contributed by atoms with van der Waals surface area (Å²) in [6.07, 6.45) is 8.71. The van der Waals surface area contributed by atoms with E-state index in [-0.39, 0.29) is 0 Å². The molecule has 0 aliphatic heterocycles. The number of hydrogen-bond donors (Lipinski definition) is 1. The second kappa shape index (κ2) is 6.48. The fraction of sp³-hybridized carbons (Fsp3) is 0.300. The van der Waals surface area contributed by atoms with Crippen molar-refractivity contribution in [2.75, 3.05) is 5.73 Å². The van der Waals surface area contributed by atoms with E-state index >= 15 is 0 Å². The lowest BCUT2D eigenvalue weighted by Gasteiger charge is -2.21. The first-order valence-corrected chi connectivity index (χ1v) is 8.68. The summed E-state index contributed by atoms with van der Waals surface area (Å²) in [5, 5.41) is 8.53. The van der Waals surface area contributed by atoms with Crippen LogP contribution in [0.3, 0.4) is 0 Å². The van der Waals surface area contributed by atoms with E-state index in [0.29, 0.717) is 0 Å². The molecule has 1 heterocycles. The number of rotatable bonds is 3. The Balaban J connectivity index is 1.56. The van der Waals surface area contributed by atoms with Crippen LogP contribution in [0.2, 0.25) is 0 Å². The molecule has 0 spiro atoms. The summed E-state index contributed by atoms with van der Waals surface area (Å²) in [6, 6.07) is 16.5. The molecule has 4 heteroatoms. The molecule has 2 N–H and O–H groups in total. The molecular weight excluding hydrogens is 296 g/mol. The summed E-state index contributed by atoms with van der Waals surface area (Å²) in [7, 11) is 0. The Morgan fingerprint density at radius 1 is 0.958 bits per heavy atom. The Morgan fingerprint density at radius 3 is 2.50 bits per heavy atom. The summed E-state index contributed by atoms with van der Waals surface area (Å²) >= 11 is 0. The SMILES string of the molecule is Nc1cccc(-n2cc(-c3ccc(C4CCCCC4)cc3)nn2)c1. The second-order valence-electron chi connectivity index (χ2n) is 6.60. The van der Waals surface area contributed by atoms with Gasteiger partial charge in [0.05, 0.1) is 11.9 Å². The van der Waals surface area contributed by atoms with Crippen LogP contribution in [0.15, 0.2) is 54.7 Å². The van der Waals surface area contributed by atoms with Gasteiger partial charge in [0.2, 0.25) is 0 Å². The highest BCUT2D eigenvalue weighted by Gasteiger charge is 2.15. The zero-order valence-corrected chi connectivity index (χ0v) is 13.7. The minimum atomic E-state index is 0.724. The summed E-state index contributed by atoms with van der Waals surface area (Å²) in [6.45, 7) is 0. The number of hydrogen-bond acceptors (Lipinski definition) is 3. The molecule has 0 saturated heterocycles. The van der Waals surface area contributed by atoms with E-state index in [1.807, 2.05) is 30.5 Å². The smallest absolute Gasteiger partial charge is 0.113 e. The highest BCUT2D eigenvalue weighted by molar-refractivity contribution is 5.59. The Morgan fingerprint density at radius 2 is 1.75 bits per heavy atom. The molecule has 0 atom stereocenters. The lowest BCUT2D eigenvalue weighted by molar-refractivity contribution is 0.443. The van der Waals surface area contributed by atoms with Gasteiger partial charge < -0.3 is 5.73 Å². The van der Waals surface area contributed by atoms with Gasteiger partial charge in [-0.25, -0.2) is 4.68 Å².